The van der Waals surface area contributed by atoms with Crippen molar-refractivity contribution in [2.45, 2.75) is 18.8 Å². The number of halogens is 7. The predicted octanol–water partition coefficient (Wildman–Crippen LogP) is 8.80. The topological polar surface area (TPSA) is 47.6 Å². The highest BCUT2D eigenvalue weighted by Gasteiger charge is 2.39. The van der Waals surface area contributed by atoms with Gasteiger partial charge in [-0.15, -0.1) is 0 Å². The highest BCUT2D eigenvalue weighted by Crippen LogP contribution is 2.51. The molecule has 6 rings (SSSR count). The van der Waals surface area contributed by atoms with Crippen molar-refractivity contribution in [3.8, 4) is 34.4 Å². The van der Waals surface area contributed by atoms with Gasteiger partial charge in [0.05, 0.1) is 11.5 Å². The summed E-state index contributed by atoms with van der Waals surface area (Å²) in [4.78, 5) is 0. The molecule has 202 valence electrons. The lowest BCUT2D eigenvalue weighted by Gasteiger charge is -2.19. The Labute approximate surface area is 228 Å². The summed E-state index contributed by atoms with van der Waals surface area (Å²) in [6.07, 6.45) is -5.79. The number of fused-ring (bicyclic) bond motifs is 3. The van der Waals surface area contributed by atoms with Crippen molar-refractivity contribution in [2.75, 3.05) is 0 Å². The van der Waals surface area contributed by atoms with Crippen molar-refractivity contribution in [1.82, 2.24) is 0 Å². The molecule has 3 aromatic carbocycles. The van der Waals surface area contributed by atoms with Gasteiger partial charge in [0, 0.05) is 21.6 Å². The Morgan fingerprint density at radius 2 is 1.39 bits per heavy atom. The van der Waals surface area contributed by atoms with Gasteiger partial charge in [0.25, 0.3) is 0 Å². The van der Waals surface area contributed by atoms with Crippen LogP contribution in [0.4, 0.5) is 30.7 Å². The molecule has 0 amide bonds. The minimum atomic E-state index is -4.61. The Morgan fingerprint density at radius 3 is 1.98 bits per heavy atom. The Kier molecular flexibility index (Phi) is 5.83. The van der Waals surface area contributed by atoms with Crippen LogP contribution in [0, 0.1) is 34.4 Å². The Balaban J connectivity index is 1.80. The van der Waals surface area contributed by atoms with Crippen molar-refractivity contribution in [3.05, 3.63) is 95.0 Å². The van der Waals surface area contributed by atoms with Crippen LogP contribution in [0.25, 0.3) is 54.9 Å². The lowest BCUT2D eigenvalue weighted by atomic mass is 9.90. The lowest BCUT2D eigenvalue weighted by Crippen LogP contribution is -2.22. The summed E-state index contributed by atoms with van der Waals surface area (Å²) in [5.74, 6) is -2.23. The lowest BCUT2D eigenvalue weighted by molar-refractivity contribution is -0.160. The zero-order valence-corrected chi connectivity index (χ0v) is 20.8. The van der Waals surface area contributed by atoms with Gasteiger partial charge in [-0.3, -0.25) is 0 Å². The van der Waals surface area contributed by atoms with Crippen LogP contribution in [0.5, 0.6) is 0 Å². The SMILES string of the molecule is N#CC(C#N)=c1c(C2=CCC(C(F)(F)F)C=C2)c2c3cccc4c(F)ccc(c-2c1-c1ccc(C(F)(F)F)cc1)c43. The van der Waals surface area contributed by atoms with E-state index in [2.05, 4.69) is 0 Å². The van der Waals surface area contributed by atoms with E-state index in [0.717, 1.165) is 18.2 Å². The van der Waals surface area contributed by atoms with E-state index in [-0.39, 0.29) is 33.7 Å². The van der Waals surface area contributed by atoms with E-state index in [9.17, 15) is 41.3 Å². The minimum Gasteiger partial charge on any atom is -0.206 e. The van der Waals surface area contributed by atoms with Gasteiger partial charge in [0.1, 0.15) is 23.5 Å². The van der Waals surface area contributed by atoms with Crippen LogP contribution in [-0.4, -0.2) is 6.18 Å². The van der Waals surface area contributed by atoms with Gasteiger partial charge in [-0.1, -0.05) is 54.6 Å². The van der Waals surface area contributed by atoms with E-state index >= 15 is 0 Å². The molecule has 0 saturated carbocycles. The number of allylic oxidation sites excluding steroid dienone is 4. The molecule has 0 spiro atoms. The van der Waals surface area contributed by atoms with Crippen LogP contribution in [-0.2, 0) is 6.18 Å². The fourth-order valence-electron chi connectivity index (χ4n) is 5.79. The summed E-state index contributed by atoms with van der Waals surface area (Å²) in [6.45, 7) is 0. The summed E-state index contributed by atoms with van der Waals surface area (Å²) >= 11 is 0. The summed E-state index contributed by atoms with van der Waals surface area (Å²) < 4.78 is 95.3. The van der Waals surface area contributed by atoms with Gasteiger partial charge >= 0.3 is 12.4 Å². The molecule has 1 atom stereocenters. The molecule has 3 aliphatic carbocycles. The van der Waals surface area contributed by atoms with E-state index in [0.29, 0.717) is 38.4 Å². The number of hydrogen-bond donors (Lipinski definition) is 0. The van der Waals surface area contributed by atoms with Gasteiger partial charge in [-0.05, 0) is 63.2 Å². The fraction of sp³-hybridized carbons (Fsp3) is 0.125. The first-order valence-corrected chi connectivity index (χ1v) is 12.3. The maximum atomic E-state index is 14.9. The van der Waals surface area contributed by atoms with Gasteiger partial charge in [-0.25, -0.2) is 4.39 Å². The molecule has 0 aromatic heterocycles. The van der Waals surface area contributed by atoms with Crippen molar-refractivity contribution in [3.63, 3.8) is 0 Å². The van der Waals surface area contributed by atoms with Gasteiger partial charge in [0.2, 0.25) is 0 Å². The van der Waals surface area contributed by atoms with Crippen LogP contribution in [0.2, 0.25) is 0 Å². The van der Waals surface area contributed by atoms with Gasteiger partial charge in [-0.2, -0.15) is 36.9 Å². The average Bonchev–Trinajstić information content (AvgIpc) is 3.44. The molecule has 0 bridgehead atoms. The first-order valence-electron chi connectivity index (χ1n) is 12.3. The highest BCUT2D eigenvalue weighted by atomic mass is 19.4. The molecule has 0 N–H and O–H groups in total. The van der Waals surface area contributed by atoms with Crippen LogP contribution >= 0.6 is 0 Å². The summed E-state index contributed by atoms with van der Waals surface area (Å²) in [5.41, 5.74) is 0.848. The molecule has 9 heteroatoms. The maximum absolute atomic E-state index is 14.9. The maximum Gasteiger partial charge on any atom is 0.416 e. The Morgan fingerprint density at radius 1 is 0.756 bits per heavy atom. The molecule has 41 heavy (non-hydrogen) atoms. The minimum absolute atomic E-state index is 0.105. The van der Waals surface area contributed by atoms with E-state index in [1.54, 1.807) is 18.2 Å². The van der Waals surface area contributed by atoms with Crippen molar-refractivity contribution in [2.24, 2.45) is 5.92 Å². The first kappa shape index (κ1) is 26.3. The molecule has 3 aromatic rings. The van der Waals surface area contributed by atoms with Gasteiger partial charge in [0.15, 0.2) is 0 Å². The summed E-state index contributed by atoms with van der Waals surface area (Å²) in [6, 6.07) is 15.6. The summed E-state index contributed by atoms with van der Waals surface area (Å²) in [5, 5.41) is 21.9. The monoisotopic (exact) mass is 560 g/mol. The zero-order valence-electron chi connectivity index (χ0n) is 20.8. The molecule has 0 aliphatic heterocycles. The number of benzene rings is 3. The van der Waals surface area contributed by atoms with Crippen LogP contribution < -0.4 is 5.22 Å². The second-order valence-corrected chi connectivity index (χ2v) is 9.77. The third-order valence-corrected chi connectivity index (χ3v) is 7.56. The molecule has 0 heterocycles. The molecule has 2 nitrogen and oxygen atoms in total. The van der Waals surface area contributed by atoms with E-state index in [4.69, 9.17) is 0 Å². The smallest absolute Gasteiger partial charge is 0.206 e. The number of rotatable bonds is 2. The van der Waals surface area contributed by atoms with Crippen molar-refractivity contribution in [1.29, 1.82) is 10.5 Å². The average molecular weight is 560 g/mol. The standard InChI is InChI=1S/C32H15F7N2/c33-24-13-12-23-28-21(24)2-1-3-22(28)29-25(16-4-8-19(9-5-16)31(34,35)36)27(18(14-40)15-41)26(30(23)29)17-6-10-20(11-7-17)32(37,38)39/h1-8,10-13,19H,9H2. The molecular weight excluding hydrogens is 545 g/mol. The molecule has 3 aliphatic rings. The number of alkyl halides is 6. The molecule has 0 saturated heterocycles. The summed E-state index contributed by atoms with van der Waals surface area (Å²) in [7, 11) is 0. The van der Waals surface area contributed by atoms with E-state index in [1.807, 2.05) is 12.1 Å². The Hall–Kier alpha value is -4.89. The third-order valence-electron chi connectivity index (χ3n) is 7.56. The molecule has 1 unspecified atom stereocenters. The van der Waals surface area contributed by atoms with Crippen LogP contribution in [0.1, 0.15) is 17.5 Å². The number of nitrogens with zero attached hydrogens (tertiary/aromatic N) is 2. The first-order chi connectivity index (χ1) is 19.5. The largest absolute Gasteiger partial charge is 0.416 e. The molecule has 0 radical (unpaired) electrons. The molecular formula is C32H15F7N2. The quantitative estimate of drug-likeness (QED) is 0.203. The second kappa shape index (κ2) is 9.07. The molecule has 0 fully saturated rings. The predicted molar refractivity (Wildman–Crippen MR) is 141 cm³/mol. The van der Waals surface area contributed by atoms with Crippen molar-refractivity contribution >= 4 is 32.7 Å². The van der Waals surface area contributed by atoms with E-state index < -0.39 is 29.7 Å². The Bertz CT molecular complexity index is 2000. The fourth-order valence-corrected chi connectivity index (χ4v) is 5.79. The third kappa shape index (κ3) is 4.00. The normalized spacial score (nSPS) is 15.8. The highest BCUT2D eigenvalue weighted by molar-refractivity contribution is 6.29. The zero-order chi connectivity index (χ0) is 29.3. The van der Waals surface area contributed by atoms with E-state index in [1.165, 1.54) is 36.4 Å². The van der Waals surface area contributed by atoms with Crippen molar-refractivity contribution < 1.29 is 30.7 Å². The number of nitriles is 2. The number of hydrogen-bond acceptors (Lipinski definition) is 2. The van der Waals surface area contributed by atoms with Crippen LogP contribution in [0.15, 0.2) is 72.8 Å². The van der Waals surface area contributed by atoms with Crippen LogP contribution in [0.3, 0.4) is 0 Å². The second-order valence-electron chi connectivity index (χ2n) is 9.77. The van der Waals surface area contributed by atoms with Gasteiger partial charge < -0.3 is 0 Å².